The summed E-state index contributed by atoms with van der Waals surface area (Å²) >= 11 is 0. The number of carboxylic acid groups (broad SMARTS) is 3. The summed E-state index contributed by atoms with van der Waals surface area (Å²) in [5, 5.41) is 54.6. The minimum Gasteiger partial charge on any atom is -0.481 e. The van der Waals surface area contributed by atoms with E-state index in [-0.39, 0.29) is 0 Å². The highest BCUT2D eigenvalue weighted by atomic mass is 16.7. The Morgan fingerprint density at radius 2 is 1.57 bits per heavy atom. The zero-order chi connectivity index (χ0) is 16.3. The Labute approximate surface area is 116 Å². The Kier molecular flexibility index (Phi) is 5.57. The van der Waals surface area contributed by atoms with Crippen LogP contribution in [-0.2, 0) is 23.9 Å². The Morgan fingerprint density at radius 1 is 1.00 bits per heavy atom. The van der Waals surface area contributed by atoms with Gasteiger partial charge in [-0.05, 0) is 0 Å². The van der Waals surface area contributed by atoms with Gasteiger partial charge in [-0.25, -0.2) is 9.59 Å². The highest BCUT2D eigenvalue weighted by molar-refractivity contribution is 5.79. The van der Waals surface area contributed by atoms with E-state index in [0.717, 1.165) is 0 Å². The van der Waals surface area contributed by atoms with Crippen LogP contribution < -0.4 is 0 Å². The molecule has 0 aromatic rings. The maximum Gasteiger partial charge on any atom is 0.335 e. The number of hydrogen-bond acceptors (Lipinski definition) is 8. The molecule has 0 spiro atoms. The van der Waals surface area contributed by atoms with Crippen molar-refractivity contribution in [3.63, 3.8) is 0 Å². The molecule has 1 rings (SSSR count). The van der Waals surface area contributed by atoms with Gasteiger partial charge in [-0.15, -0.1) is 0 Å². The Hall–Kier alpha value is -1.79. The van der Waals surface area contributed by atoms with Crippen LogP contribution >= 0.6 is 0 Å². The van der Waals surface area contributed by atoms with Gasteiger partial charge in [0.25, 0.3) is 0 Å². The van der Waals surface area contributed by atoms with Gasteiger partial charge in [0.2, 0.25) is 0 Å². The predicted molar refractivity (Wildman–Crippen MR) is 59.1 cm³/mol. The molecular formula is C10H14O11. The number of aliphatic hydroxyl groups excluding tert-OH is 3. The zero-order valence-electron chi connectivity index (χ0n) is 10.4. The summed E-state index contributed by atoms with van der Waals surface area (Å²) in [6.45, 7) is 0. The number of carbonyl (C=O) groups is 3. The number of aliphatic hydroxyl groups is 3. The fourth-order valence-corrected chi connectivity index (χ4v) is 1.68. The molecule has 21 heavy (non-hydrogen) atoms. The van der Waals surface area contributed by atoms with Crippen molar-refractivity contribution < 1.29 is 54.5 Å². The maximum absolute atomic E-state index is 10.8. The lowest BCUT2D eigenvalue weighted by Gasteiger charge is -2.39. The third-order valence-electron chi connectivity index (χ3n) is 2.75. The van der Waals surface area contributed by atoms with Gasteiger partial charge in [0, 0.05) is 0 Å². The monoisotopic (exact) mass is 310 g/mol. The van der Waals surface area contributed by atoms with Gasteiger partial charge in [0.1, 0.15) is 18.3 Å². The van der Waals surface area contributed by atoms with Crippen molar-refractivity contribution in [3.8, 4) is 0 Å². The van der Waals surface area contributed by atoms with Crippen LogP contribution in [0.3, 0.4) is 0 Å². The first kappa shape index (κ1) is 17.3. The molecule has 0 saturated carbocycles. The van der Waals surface area contributed by atoms with E-state index in [0.29, 0.717) is 0 Å². The standard InChI is InChI=1S/C10H14O11/c11-3(12)1-2(8(16)17)20-10-6(15)4(13)5(14)7(21-10)9(18)19/h2,4-7,10,13-15H,1H2,(H,11,12)(H,16,17)(H,18,19)/t2?,4-,5-,6?,7?,10+/m0/s1. The van der Waals surface area contributed by atoms with E-state index in [1.807, 2.05) is 0 Å². The molecule has 120 valence electrons. The van der Waals surface area contributed by atoms with Crippen molar-refractivity contribution in [1.82, 2.24) is 0 Å². The minimum absolute atomic E-state index is 0.974. The van der Waals surface area contributed by atoms with Crippen LogP contribution in [0.4, 0.5) is 0 Å². The summed E-state index contributed by atoms with van der Waals surface area (Å²) in [6.07, 6.45) is -12.7. The molecule has 6 atom stereocenters. The first-order chi connectivity index (χ1) is 9.65. The van der Waals surface area contributed by atoms with E-state index in [2.05, 4.69) is 9.47 Å². The van der Waals surface area contributed by atoms with Gasteiger partial charge in [0.05, 0.1) is 6.42 Å². The van der Waals surface area contributed by atoms with E-state index in [1.165, 1.54) is 0 Å². The van der Waals surface area contributed by atoms with E-state index in [1.54, 1.807) is 0 Å². The zero-order valence-corrected chi connectivity index (χ0v) is 10.4. The average Bonchev–Trinajstić information content (AvgIpc) is 2.37. The highest BCUT2D eigenvalue weighted by Crippen LogP contribution is 2.23. The average molecular weight is 310 g/mol. The molecule has 0 amide bonds. The van der Waals surface area contributed by atoms with Gasteiger partial charge < -0.3 is 40.1 Å². The number of ether oxygens (including phenoxy) is 2. The molecule has 0 radical (unpaired) electrons. The largest absolute Gasteiger partial charge is 0.481 e. The van der Waals surface area contributed by atoms with E-state index in [4.69, 9.17) is 15.3 Å². The number of hydrogen-bond donors (Lipinski definition) is 6. The summed E-state index contributed by atoms with van der Waals surface area (Å²) in [5.41, 5.74) is 0. The summed E-state index contributed by atoms with van der Waals surface area (Å²) in [4.78, 5) is 32.1. The molecule has 1 saturated heterocycles. The lowest BCUT2D eigenvalue weighted by Crippen LogP contribution is -2.61. The quantitative estimate of drug-likeness (QED) is 0.290. The Bertz CT molecular complexity index is 421. The van der Waals surface area contributed by atoms with Crippen LogP contribution in [0.1, 0.15) is 6.42 Å². The van der Waals surface area contributed by atoms with Crippen LogP contribution in [0.15, 0.2) is 0 Å². The Balaban J connectivity index is 2.86. The molecular weight excluding hydrogens is 296 g/mol. The first-order valence-corrected chi connectivity index (χ1v) is 5.67. The van der Waals surface area contributed by atoms with Crippen LogP contribution in [0, 0.1) is 0 Å². The molecule has 0 aromatic carbocycles. The summed E-state index contributed by atoms with van der Waals surface area (Å²) in [6, 6.07) is 0. The summed E-state index contributed by atoms with van der Waals surface area (Å²) in [5.74, 6) is -4.86. The predicted octanol–water partition coefficient (Wildman–Crippen LogP) is -3.18. The van der Waals surface area contributed by atoms with E-state index >= 15 is 0 Å². The van der Waals surface area contributed by atoms with Crippen LogP contribution in [-0.4, -0.2) is 85.4 Å². The molecule has 1 fully saturated rings. The van der Waals surface area contributed by atoms with Crippen molar-refractivity contribution in [1.29, 1.82) is 0 Å². The fraction of sp³-hybridized carbons (Fsp3) is 0.700. The Morgan fingerprint density at radius 3 is 2.00 bits per heavy atom. The molecule has 3 unspecified atom stereocenters. The molecule has 0 aromatic heterocycles. The van der Waals surface area contributed by atoms with Gasteiger partial charge in [-0.1, -0.05) is 0 Å². The van der Waals surface area contributed by atoms with Crippen molar-refractivity contribution in [2.24, 2.45) is 0 Å². The molecule has 1 heterocycles. The fourth-order valence-electron chi connectivity index (χ4n) is 1.68. The van der Waals surface area contributed by atoms with Gasteiger partial charge in [-0.3, -0.25) is 4.79 Å². The van der Waals surface area contributed by atoms with Crippen molar-refractivity contribution in [2.75, 3.05) is 0 Å². The second-order valence-electron chi connectivity index (χ2n) is 4.30. The highest BCUT2D eigenvalue weighted by Gasteiger charge is 2.48. The SMILES string of the molecule is O=C(O)CC(O[C@@H]1OC(C(=O)O)[C@@H](O)[C@H](O)C1O)C(=O)O. The number of carboxylic acids is 3. The van der Waals surface area contributed by atoms with Crippen LogP contribution in [0.5, 0.6) is 0 Å². The normalized spacial score (nSPS) is 34.1. The lowest BCUT2D eigenvalue weighted by molar-refractivity contribution is -0.303. The smallest absolute Gasteiger partial charge is 0.335 e. The van der Waals surface area contributed by atoms with Crippen LogP contribution in [0.2, 0.25) is 0 Å². The van der Waals surface area contributed by atoms with E-state index in [9.17, 15) is 29.7 Å². The van der Waals surface area contributed by atoms with Crippen molar-refractivity contribution >= 4 is 17.9 Å². The molecule has 1 aliphatic rings. The van der Waals surface area contributed by atoms with E-state index < -0.39 is 61.1 Å². The van der Waals surface area contributed by atoms with Crippen molar-refractivity contribution in [3.05, 3.63) is 0 Å². The van der Waals surface area contributed by atoms with Crippen molar-refractivity contribution in [2.45, 2.75) is 43.2 Å². The number of aliphatic carboxylic acids is 3. The third-order valence-corrected chi connectivity index (χ3v) is 2.75. The topological polar surface area (TPSA) is 191 Å². The minimum atomic E-state index is -1.97. The lowest BCUT2D eigenvalue weighted by atomic mass is 9.99. The van der Waals surface area contributed by atoms with Crippen LogP contribution in [0.25, 0.3) is 0 Å². The molecule has 6 N–H and O–H groups in total. The molecule has 1 aliphatic heterocycles. The third kappa shape index (κ3) is 4.09. The summed E-state index contributed by atoms with van der Waals surface area (Å²) < 4.78 is 9.36. The molecule has 11 nitrogen and oxygen atoms in total. The second-order valence-corrected chi connectivity index (χ2v) is 4.30. The molecule has 11 heteroatoms. The van der Waals surface area contributed by atoms with Gasteiger partial charge in [0.15, 0.2) is 18.5 Å². The summed E-state index contributed by atoms with van der Waals surface area (Å²) in [7, 11) is 0. The first-order valence-electron chi connectivity index (χ1n) is 5.67. The second kappa shape index (κ2) is 6.78. The maximum atomic E-state index is 10.8. The van der Waals surface area contributed by atoms with Gasteiger partial charge >= 0.3 is 17.9 Å². The molecule has 0 aliphatic carbocycles. The molecule has 0 bridgehead atoms. The number of rotatable bonds is 6. The van der Waals surface area contributed by atoms with Gasteiger partial charge in [-0.2, -0.15) is 0 Å².